The number of rotatable bonds is 6. The molecule has 0 fully saturated rings. The summed E-state index contributed by atoms with van der Waals surface area (Å²) in [4.78, 5) is 12.9. The molecule has 5 nitrogen and oxygen atoms in total. The van der Waals surface area contributed by atoms with Crippen LogP contribution in [-0.4, -0.2) is 14.3 Å². The van der Waals surface area contributed by atoms with Gasteiger partial charge < -0.3 is 4.74 Å². The highest BCUT2D eigenvalue weighted by molar-refractivity contribution is 6.30. The van der Waals surface area contributed by atoms with Crippen LogP contribution in [0, 0.1) is 6.92 Å². The molecule has 3 aromatic carbocycles. The van der Waals surface area contributed by atoms with Crippen molar-refractivity contribution >= 4 is 11.6 Å². The van der Waals surface area contributed by atoms with Crippen molar-refractivity contribution in [2.24, 2.45) is 0 Å². The molecule has 0 saturated heterocycles. The standard InChI is InChI=1S/C23H20ClN3O2/c1-17-25-26(15-18-7-9-20(24)10-8-18)23(28)27(17)21-11-13-22(14-12-21)29-16-19-5-3-2-4-6-19/h2-14H,15-16H2,1H3. The maximum atomic E-state index is 12.9. The van der Waals surface area contributed by atoms with Gasteiger partial charge in [-0.15, -0.1) is 0 Å². The third-order valence-electron chi connectivity index (χ3n) is 4.59. The lowest BCUT2D eigenvalue weighted by Crippen LogP contribution is -2.24. The van der Waals surface area contributed by atoms with Gasteiger partial charge in [-0.2, -0.15) is 5.10 Å². The van der Waals surface area contributed by atoms with E-state index in [0.29, 0.717) is 24.0 Å². The number of hydrogen-bond donors (Lipinski definition) is 0. The van der Waals surface area contributed by atoms with Gasteiger partial charge in [0.1, 0.15) is 18.2 Å². The van der Waals surface area contributed by atoms with E-state index < -0.39 is 0 Å². The summed E-state index contributed by atoms with van der Waals surface area (Å²) in [5, 5.41) is 5.07. The van der Waals surface area contributed by atoms with Gasteiger partial charge in [0.05, 0.1) is 12.2 Å². The van der Waals surface area contributed by atoms with Gasteiger partial charge in [-0.3, -0.25) is 0 Å². The minimum Gasteiger partial charge on any atom is -0.489 e. The molecular formula is C23H20ClN3O2. The van der Waals surface area contributed by atoms with E-state index in [1.807, 2.05) is 73.7 Å². The summed E-state index contributed by atoms with van der Waals surface area (Å²) in [6.45, 7) is 2.71. The van der Waals surface area contributed by atoms with Gasteiger partial charge in [0.25, 0.3) is 0 Å². The fraction of sp³-hybridized carbons (Fsp3) is 0.130. The largest absolute Gasteiger partial charge is 0.489 e. The highest BCUT2D eigenvalue weighted by atomic mass is 35.5. The van der Waals surface area contributed by atoms with Crippen molar-refractivity contribution in [3.63, 3.8) is 0 Å². The molecule has 0 radical (unpaired) electrons. The van der Waals surface area contributed by atoms with Crippen molar-refractivity contribution in [1.29, 1.82) is 0 Å². The van der Waals surface area contributed by atoms with Gasteiger partial charge in [-0.05, 0) is 54.4 Å². The Balaban J connectivity index is 1.51. The Morgan fingerprint density at radius 2 is 1.59 bits per heavy atom. The Labute approximate surface area is 173 Å². The molecule has 0 saturated carbocycles. The molecule has 0 atom stereocenters. The molecule has 1 aromatic heterocycles. The Bertz CT molecular complexity index is 1150. The normalized spacial score (nSPS) is 10.8. The fourth-order valence-electron chi connectivity index (χ4n) is 3.11. The maximum absolute atomic E-state index is 12.9. The lowest BCUT2D eigenvalue weighted by Gasteiger charge is -2.08. The van der Waals surface area contributed by atoms with Crippen LogP contribution in [0.4, 0.5) is 0 Å². The number of hydrogen-bond acceptors (Lipinski definition) is 3. The summed E-state index contributed by atoms with van der Waals surface area (Å²) >= 11 is 5.93. The van der Waals surface area contributed by atoms with Crippen LogP contribution >= 0.6 is 11.6 Å². The predicted molar refractivity (Wildman–Crippen MR) is 114 cm³/mol. The van der Waals surface area contributed by atoms with Crippen LogP contribution in [-0.2, 0) is 13.2 Å². The molecule has 29 heavy (non-hydrogen) atoms. The Hall–Kier alpha value is -3.31. The van der Waals surface area contributed by atoms with E-state index in [1.165, 1.54) is 4.68 Å². The number of halogens is 1. The molecule has 4 rings (SSSR count). The third kappa shape index (κ3) is 4.41. The van der Waals surface area contributed by atoms with Crippen LogP contribution in [0.1, 0.15) is 17.0 Å². The zero-order chi connectivity index (χ0) is 20.2. The van der Waals surface area contributed by atoms with E-state index in [0.717, 1.165) is 22.6 Å². The van der Waals surface area contributed by atoms with Crippen LogP contribution in [0.3, 0.4) is 0 Å². The highest BCUT2D eigenvalue weighted by Gasteiger charge is 2.12. The van der Waals surface area contributed by atoms with Gasteiger partial charge in [-0.1, -0.05) is 54.1 Å². The van der Waals surface area contributed by atoms with Crippen molar-refractivity contribution in [3.05, 3.63) is 111 Å². The molecule has 0 unspecified atom stereocenters. The average Bonchev–Trinajstić information content (AvgIpc) is 3.02. The van der Waals surface area contributed by atoms with Crippen LogP contribution in [0.15, 0.2) is 83.7 Å². The Kier molecular flexibility index (Phi) is 5.49. The first kappa shape index (κ1) is 19.0. The summed E-state index contributed by atoms with van der Waals surface area (Å²) in [5.41, 5.74) is 2.63. The number of aryl methyl sites for hydroxylation is 1. The minimum atomic E-state index is -0.185. The molecule has 0 amide bonds. The van der Waals surface area contributed by atoms with Crippen molar-refractivity contribution in [2.45, 2.75) is 20.1 Å². The summed E-state index contributed by atoms with van der Waals surface area (Å²) in [6, 6.07) is 24.8. The number of benzene rings is 3. The maximum Gasteiger partial charge on any atom is 0.350 e. The van der Waals surface area contributed by atoms with Gasteiger partial charge in [0.15, 0.2) is 0 Å². The average molecular weight is 406 g/mol. The molecule has 0 bridgehead atoms. The number of ether oxygens (including phenoxy) is 1. The van der Waals surface area contributed by atoms with E-state index in [-0.39, 0.29) is 5.69 Å². The summed E-state index contributed by atoms with van der Waals surface area (Å²) in [5.74, 6) is 1.37. The zero-order valence-electron chi connectivity index (χ0n) is 16.0. The predicted octanol–water partition coefficient (Wildman–Crippen LogP) is 4.62. The van der Waals surface area contributed by atoms with Crippen molar-refractivity contribution in [2.75, 3.05) is 0 Å². The molecular weight excluding hydrogens is 386 g/mol. The van der Waals surface area contributed by atoms with Crippen LogP contribution in [0.25, 0.3) is 5.69 Å². The summed E-state index contributed by atoms with van der Waals surface area (Å²) in [6.07, 6.45) is 0. The molecule has 0 spiro atoms. The zero-order valence-corrected chi connectivity index (χ0v) is 16.7. The molecule has 0 aliphatic carbocycles. The van der Waals surface area contributed by atoms with E-state index in [9.17, 15) is 4.79 Å². The lowest BCUT2D eigenvalue weighted by atomic mass is 10.2. The molecule has 1 heterocycles. The lowest BCUT2D eigenvalue weighted by molar-refractivity contribution is 0.306. The van der Waals surface area contributed by atoms with Gasteiger partial charge in [0.2, 0.25) is 0 Å². The first-order chi connectivity index (χ1) is 14.1. The second-order valence-corrected chi connectivity index (χ2v) is 7.15. The van der Waals surface area contributed by atoms with Gasteiger partial charge >= 0.3 is 5.69 Å². The topological polar surface area (TPSA) is 49.0 Å². The van der Waals surface area contributed by atoms with Crippen LogP contribution < -0.4 is 10.4 Å². The summed E-state index contributed by atoms with van der Waals surface area (Å²) < 4.78 is 8.87. The minimum absolute atomic E-state index is 0.185. The molecule has 146 valence electrons. The van der Waals surface area contributed by atoms with Crippen molar-refractivity contribution in [3.8, 4) is 11.4 Å². The molecule has 6 heteroatoms. The monoisotopic (exact) mass is 405 g/mol. The van der Waals surface area contributed by atoms with Crippen LogP contribution in [0.2, 0.25) is 5.02 Å². The van der Waals surface area contributed by atoms with E-state index >= 15 is 0 Å². The summed E-state index contributed by atoms with van der Waals surface area (Å²) in [7, 11) is 0. The molecule has 0 aliphatic rings. The Morgan fingerprint density at radius 1 is 0.897 bits per heavy atom. The first-order valence-corrected chi connectivity index (χ1v) is 9.66. The van der Waals surface area contributed by atoms with Gasteiger partial charge in [-0.25, -0.2) is 14.0 Å². The molecule has 0 N–H and O–H groups in total. The van der Waals surface area contributed by atoms with Crippen molar-refractivity contribution < 1.29 is 4.74 Å². The smallest absolute Gasteiger partial charge is 0.350 e. The molecule has 4 aromatic rings. The quantitative estimate of drug-likeness (QED) is 0.470. The Morgan fingerprint density at radius 3 is 2.28 bits per heavy atom. The van der Waals surface area contributed by atoms with Crippen LogP contribution in [0.5, 0.6) is 5.75 Å². The van der Waals surface area contributed by atoms with E-state index in [1.54, 1.807) is 16.7 Å². The highest BCUT2D eigenvalue weighted by Crippen LogP contribution is 2.17. The van der Waals surface area contributed by atoms with E-state index in [2.05, 4.69) is 5.10 Å². The fourth-order valence-corrected chi connectivity index (χ4v) is 3.24. The third-order valence-corrected chi connectivity index (χ3v) is 4.84. The first-order valence-electron chi connectivity index (χ1n) is 9.28. The second-order valence-electron chi connectivity index (χ2n) is 6.72. The van der Waals surface area contributed by atoms with Gasteiger partial charge in [0, 0.05) is 5.02 Å². The SMILES string of the molecule is Cc1nn(Cc2ccc(Cl)cc2)c(=O)n1-c1ccc(OCc2ccccc2)cc1. The van der Waals surface area contributed by atoms with Crippen molar-refractivity contribution in [1.82, 2.24) is 14.3 Å². The number of nitrogens with zero attached hydrogens (tertiary/aromatic N) is 3. The van der Waals surface area contributed by atoms with E-state index in [4.69, 9.17) is 16.3 Å². The second kappa shape index (κ2) is 8.37. The number of aromatic nitrogens is 3. The molecule has 0 aliphatic heterocycles.